The lowest BCUT2D eigenvalue weighted by atomic mass is 10.2. The molecule has 0 aliphatic rings. The van der Waals surface area contributed by atoms with Gasteiger partial charge in [-0.1, -0.05) is 18.2 Å². The number of pyridine rings is 1. The maximum absolute atomic E-state index is 5.23. The van der Waals surface area contributed by atoms with E-state index in [1.54, 1.807) is 13.3 Å². The van der Waals surface area contributed by atoms with E-state index < -0.39 is 0 Å². The number of benzene rings is 1. The van der Waals surface area contributed by atoms with E-state index in [-0.39, 0.29) is 24.0 Å². The minimum Gasteiger partial charge on any atom is -0.497 e. The maximum Gasteiger partial charge on any atom is 0.194 e. The maximum atomic E-state index is 5.23. The molecule has 0 atom stereocenters. The fourth-order valence-electron chi connectivity index (χ4n) is 2.99. The van der Waals surface area contributed by atoms with Crippen LogP contribution in [0.4, 0.5) is 0 Å². The number of aromatic nitrogens is 3. The normalized spacial score (nSPS) is 11.0. The molecule has 0 bridgehead atoms. The predicted octanol–water partition coefficient (Wildman–Crippen LogP) is 3.80. The van der Waals surface area contributed by atoms with Gasteiger partial charge in [0.25, 0.3) is 0 Å². The van der Waals surface area contributed by atoms with Gasteiger partial charge in [-0.2, -0.15) is 0 Å². The van der Waals surface area contributed by atoms with Crippen LogP contribution < -0.4 is 10.1 Å². The van der Waals surface area contributed by atoms with Crippen molar-refractivity contribution in [2.24, 2.45) is 4.99 Å². The Morgan fingerprint density at radius 3 is 2.43 bits per heavy atom. The van der Waals surface area contributed by atoms with Gasteiger partial charge in [0.2, 0.25) is 0 Å². The van der Waals surface area contributed by atoms with Gasteiger partial charge in [-0.3, -0.25) is 4.57 Å². The third-order valence-electron chi connectivity index (χ3n) is 4.57. The minimum absolute atomic E-state index is 0. The quantitative estimate of drug-likeness (QED) is 0.292. The molecule has 3 rings (SSSR count). The van der Waals surface area contributed by atoms with E-state index in [9.17, 15) is 0 Å². The van der Waals surface area contributed by atoms with Gasteiger partial charge in [0.05, 0.1) is 13.7 Å². The summed E-state index contributed by atoms with van der Waals surface area (Å²) in [6.45, 7) is 6.16. The summed E-state index contributed by atoms with van der Waals surface area (Å²) in [5.74, 6) is 3.49. The van der Waals surface area contributed by atoms with Crippen molar-refractivity contribution in [3.63, 3.8) is 0 Å². The number of hydrogen-bond donors (Lipinski definition) is 1. The van der Waals surface area contributed by atoms with Crippen molar-refractivity contribution in [1.82, 2.24) is 24.8 Å². The predicted molar refractivity (Wildman–Crippen MR) is 131 cm³/mol. The smallest absolute Gasteiger partial charge is 0.194 e. The molecular formula is C22H29IN6O. The molecule has 1 aromatic carbocycles. The van der Waals surface area contributed by atoms with Gasteiger partial charge in [0.15, 0.2) is 5.96 Å². The zero-order valence-corrected chi connectivity index (χ0v) is 20.2. The Labute approximate surface area is 195 Å². The molecular weight excluding hydrogens is 491 g/mol. The fourth-order valence-corrected chi connectivity index (χ4v) is 2.99. The summed E-state index contributed by atoms with van der Waals surface area (Å²) >= 11 is 0. The molecule has 160 valence electrons. The van der Waals surface area contributed by atoms with Crippen LogP contribution in [0.3, 0.4) is 0 Å². The van der Waals surface area contributed by atoms with Crippen molar-refractivity contribution in [2.45, 2.75) is 26.9 Å². The van der Waals surface area contributed by atoms with Gasteiger partial charge in [0.1, 0.15) is 17.4 Å². The van der Waals surface area contributed by atoms with Crippen LogP contribution in [0.2, 0.25) is 0 Å². The molecule has 0 radical (unpaired) electrons. The second-order valence-electron chi connectivity index (χ2n) is 6.74. The molecule has 0 saturated heterocycles. The van der Waals surface area contributed by atoms with Gasteiger partial charge in [-0.15, -0.1) is 24.0 Å². The van der Waals surface area contributed by atoms with Crippen LogP contribution in [-0.2, 0) is 13.1 Å². The Hall–Kier alpha value is -2.62. The number of halogens is 1. The number of rotatable bonds is 7. The van der Waals surface area contributed by atoms with Crippen LogP contribution in [0.5, 0.6) is 5.75 Å². The first kappa shape index (κ1) is 23.7. The second kappa shape index (κ2) is 11.5. The highest BCUT2D eigenvalue weighted by Gasteiger charge is 2.07. The minimum atomic E-state index is 0. The van der Waals surface area contributed by atoms with Gasteiger partial charge in [-0.05, 0) is 43.2 Å². The Bertz CT molecular complexity index is 937. The highest BCUT2D eigenvalue weighted by atomic mass is 127. The van der Waals surface area contributed by atoms with E-state index in [0.717, 1.165) is 42.0 Å². The average Bonchev–Trinajstić information content (AvgIpc) is 3.18. The van der Waals surface area contributed by atoms with Crippen molar-refractivity contribution < 1.29 is 4.74 Å². The van der Waals surface area contributed by atoms with Crippen molar-refractivity contribution >= 4 is 29.9 Å². The zero-order valence-electron chi connectivity index (χ0n) is 17.9. The number of imidazole rings is 1. The molecule has 0 spiro atoms. The Kier molecular flexibility index (Phi) is 9.10. The van der Waals surface area contributed by atoms with Crippen molar-refractivity contribution in [1.29, 1.82) is 0 Å². The first-order valence-corrected chi connectivity index (χ1v) is 9.68. The molecule has 2 heterocycles. The topological polar surface area (TPSA) is 67.6 Å². The molecule has 0 fully saturated rings. The monoisotopic (exact) mass is 520 g/mol. The highest BCUT2D eigenvalue weighted by Crippen LogP contribution is 2.13. The van der Waals surface area contributed by atoms with E-state index in [1.165, 1.54) is 5.56 Å². The zero-order chi connectivity index (χ0) is 20.6. The number of hydrogen-bond acceptors (Lipinski definition) is 4. The summed E-state index contributed by atoms with van der Waals surface area (Å²) in [7, 11) is 3.71. The highest BCUT2D eigenvalue weighted by molar-refractivity contribution is 14.0. The van der Waals surface area contributed by atoms with Gasteiger partial charge in [-0.25, -0.2) is 15.0 Å². The summed E-state index contributed by atoms with van der Waals surface area (Å²) < 4.78 is 7.18. The number of aliphatic imine (C=N–C) groups is 1. The molecule has 7 nitrogen and oxygen atoms in total. The van der Waals surface area contributed by atoms with Gasteiger partial charge in [0, 0.05) is 38.7 Å². The molecule has 0 unspecified atom stereocenters. The van der Waals surface area contributed by atoms with E-state index in [0.29, 0.717) is 6.54 Å². The lowest BCUT2D eigenvalue weighted by molar-refractivity contribution is 0.414. The standard InChI is InChI=1S/C22H28N6O.HI/c1-5-23-22(27(3)16-18-6-9-20(29-4)10-7-18)26-15-19-8-11-21(25-14-19)28-13-12-24-17(28)2;/h6-14H,5,15-16H2,1-4H3,(H,23,26);1H. The molecule has 30 heavy (non-hydrogen) atoms. The van der Waals surface area contributed by atoms with Gasteiger partial charge >= 0.3 is 0 Å². The summed E-state index contributed by atoms with van der Waals surface area (Å²) in [4.78, 5) is 15.7. The van der Waals surface area contributed by atoms with Crippen LogP contribution in [0.15, 0.2) is 60.0 Å². The Morgan fingerprint density at radius 2 is 1.87 bits per heavy atom. The number of nitrogens with zero attached hydrogens (tertiary/aromatic N) is 5. The van der Waals surface area contributed by atoms with Crippen LogP contribution in [-0.4, -0.2) is 46.1 Å². The molecule has 0 aliphatic carbocycles. The lowest BCUT2D eigenvalue weighted by Crippen LogP contribution is -2.38. The van der Waals surface area contributed by atoms with E-state index in [4.69, 9.17) is 9.73 Å². The number of ether oxygens (including phenoxy) is 1. The molecule has 2 aromatic heterocycles. The summed E-state index contributed by atoms with van der Waals surface area (Å²) in [6.07, 6.45) is 5.55. The van der Waals surface area contributed by atoms with E-state index >= 15 is 0 Å². The first-order chi connectivity index (χ1) is 14.1. The third-order valence-corrected chi connectivity index (χ3v) is 4.57. The van der Waals surface area contributed by atoms with Crippen LogP contribution in [0, 0.1) is 6.92 Å². The Balaban J connectivity index is 0.00000320. The summed E-state index contributed by atoms with van der Waals surface area (Å²) in [5, 5.41) is 3.36. The second-order valence-corrected chi connectivity index (χ2v) is 6.74. The summed E-state index contributed by atoms with van der Waals surface area (Å²) in [5.41, 5.74) is 2.25. The van der Waals surface area contributed by atoms with Crippen molar-refractivity contribution in [3.05, 3.63) is 71.9 Å². The largest absolute Gasteiger partial charge is 0.497 e. The molecule has 0 saturated carbocycles. The van der Waals surface area contributed by atoms with Crippen molar-refractivity contribution in [3.8, 4) is 11.6 Å². The first-order valence-electron chi connectivity index (χ1n) is 9.68. The van der Waals surface area contributed by atoms with Crippen LogP contribution in [0.25, 0.3) is 5.82 Å². The molecule has 0 aliphatic heterocycles. The third kappa shape index (κ3) is 6.19. The van der Waals surface area contributed by atoms with E-state index in [2.05, 4.69) is 45.3 Å². The van der Waals surface area contributed by atoms with E-state index in [1.807, 2.05) is 49.1 Å². The molecule has 1 N–H and O–H groups in total. The summed E-state index contributed by atoms with van der Waals surface area (Å²) in [6, 6.07) is 12.1. The number of nitrogens with one attached hydrogen (secondary N) is 1. The number of methoxy groups -OCH3 is 1. The molecule has 8 heteroatoms. The Morgan fingerprint density at radius 1 is 1.13 bits per heavy atom. The number of guanidine groups is 1. The average molecular weight is 520 g/mol. The lowest BCUT2D eigenvalue weighted by Gasteiger charge is -2.22. The van der Waals surface area contributed by atoms with Crippen LogP contribution in [0.1, 0.15) is 23.9 Å². The molecule has 3 aromatic rings. The van der Waals surface area contributed by atoms with Gasteiger partial charge < -0.3 is 15.0 Å². The fraction of sp³-hybridized carbons (Fsp3) is 0.318. The van der Waals surface area contributed by atoms with Crippen LogP contribution >= 0.6 is 24.0 Å². The molecule has 0 amide bonds. The van der Waals surface area contributed by atoms with Crippen molar-refractivity contribution in [2.75, 3.05) is 20.7 Å². The SMILES string of the molecule is CCNC(=NCc1ccc(-n2ccnc2C)nc1)N(C)Cc1ccc(OC)cc1.I. The number of aryl methyl sites for hydroxylation is 1.